The van der Waals surface area contributed by atoms with Crippen molar-refractivity contribution in [3.8, 4) is 0 Å². The van der Waals surface area contributed by atoms with Gasteiger partial charge in [0.2, 0.25) is 0 Å². The van der Waals surface area contributed by atoms with Crippen molar-refractivity contribution in [3.63, 3.8) is 0 Å². The number of rotatable bonds is 5. The number of nitro groups is 1. The van der Waals surface area contributed by atoms with Crippen molar-refractivity contribution in [1.29, 1.82) is 0 Å². The summed E-state index contributed by atoms with van der Waals surface area (Å²) in [6.07, 6.45) is 2.91. The van der Waals surface area contributed by atoms with E-state index in [4.69, 9.17) is 0 Å². The molecule has 7 nitrogen and oxygen atoms in total. The van der Waals surface area contributed by atoms with E-state index in [0.29, 0.717) is 17.7 Å². The van der Waals surface area contributed by atoms with Crippen LogP contribution in [0, 0.1) is 10.1 Å². The van der Waals surface area contributed by atoms with Gasteiger partial charge < -0.3 is 4.90 Å². The van der Waals surface area contributed by atoms with Crippen molar-refractivity contribution in [2.75, 3.05) is 11.4 Å². The van der Waals surface area contributed by atoms with E-state index < -0.39 is 4.92 Å². The molecule has 1 aliphatic heterocycles. The second-order valence-electron chi connectivity index (χ2n) is 5.23. The van der Waals surface area contributed by atoms with Gasteiger partial charge in [-0.05, 0) is 12.1 Å². The summed E-state index contributed by atoms with van der Waals surface area (Å²) in [6.45, 7) is 4.02. The largest absolute Gasteiger partial charge is 0.302 e. The van der Waals surface area contributed by atoms with Gasteiger partial charge in [-0.1, -0.05) is 36.4 Å². The Balaban J connectivity index is 1.96. The van der Waals surface area contributed by atoms with Gasteiger partial charge in [0.25, 0.3) is 11.6 Å². The summed E-state index contributed by atoms with van der Waals surface area (Å²) < 4.78 is 0. The molecular weight excluding hydrogens is 320 g/mol. The number of carbonyl (C=O) groups is 1. The van der Waals surface area contributed by atoms with Crippen molar-refractivity contribution >= 4 is 29.2 Å². The summed E-state index contributed by atoms with van der Waals surface area (Å²) in [7, 11) is 0. The maximum absolute atomic E-state index is 12.5. The highest BCUT2D eigenvalue weighted by molar-refractivity contribution is 6.54. The Morgan fingerprint density at radius 3 is 2.64 bits per heavy atom. The van der Waals surface area contributed by atoms with E-state index in [1.807, 2.05) is 18.2 Å². The molecule has 0 spiro atoms. The predicted octanol–water partition coefficient (Wildman–Crippen LogP) is 2.95. The molecule has 0 N–H and O–H groups in total. The molecule has 0 atom stereocenters. The first-order valence-corrected chi connectivity index (χ1v) is 7.50. The third-order valence-corrected chi connectivity index (χ3v) is 3.70. The summed E-state index contributed by atoms with van der Waals surface area (Å²) >= 11 is 0. The highest BCUT2D eigenvalue weighted by Crippen LogP contribution is 2.29. The smallest absolute Gasteiger partial charge is 0.279 e. The van der Waals surface area contributed by atoms with Crippen LogP contribution in [0.25, 0.3) is 0 Å². The first-order chi connectivity index (χ1) is 12.1. The quantitative estimate of drug-likeness (QED) is 0.364. The molecule has 0 fully saturated rings. The lowest BCUT2D eigenvalue weighted by Gasteiger charge is -2.13. The zero-order chi connectivity index (χ0) is 17.8. The highest BCUT2D eigenvalue weighted by Gasteiger charge is 2.32. The molecule has 0 saturated carbocycles. The number of hydrogen-bond acceptors (Lipinski definition) is 5. The number of anilines is 1. The SMILES string of the molecule is C=CCN1C(=O)/C(=N\N=C/c2ccccc2[N+](=O)[O-])c2ccccc21. The van der Waals surface area contributed by atoms with Gasteiger partial charge in [0.15, 0.2) is 5.71 Å². The van der Waals surface area contributed by atoms with E-state index in [1.54, 1.807) is 35.2 Å². The molecule has 1 amide bonds. The lowest BCUT2D eigenvalue weighted by atomic mass is 10.1. The summed E-state index contributed by atoms with van der Waals surface area (Å²) in [5.74, 6) is -0.277. The molecule has 2 aromatic carbocycles. The second kappa shape index (κ2) is 6.88. The van der Waals surface area contributed by atoms with Crippen LogP contribution in [0.2, 0.25) is 0 Å². The van der Waals surface area contributed by atoms with Crippen LogP contribution >= 0.6 is 0 Å². The van der Waals surface area contributed by atoms with Crippen molar-refractivity contribution < 1.29 is 9.72 Å². The molecule has 124 valence electrons. The predicted molar refractivity (Wildman–Crippen MR) is 96.2 cm³/mol. The van der Waals surface area contributed by atoms with Gasteiger partial charge in [0.1, 0.15) is 0 Å². The molecule has 25 heavy (non-hydrogen) atoms. The van der Waals surface area contributed by atoms with Gasteiger partial charge in [-0.2, -0.15) is 5.10 Å². The molecule has 1 aliphatic rings. The Labute approximate surface area is 143 Å². The van der Waals surface area contributed by atoms with Gasteiger partial charge >= 0.3 is 0 Å². The van der Waals surface area contributed by atoms with Crippen LogP contribution in [-0.2, 0) is 4.79 Å². The van der Waals surface area contributed by atoms with Gasteiger partial charge in [-0.25, -0.2) is 0 Å². The lowest BCUT2D eigenvalue weighted by molar-refractivity contribution is -0.385. The molecule has 2 aromatic rings. The van der Waals surface area contributed by atoms with Gasteiger partial charge in [0, 0.05) is 18.2 Å². The van der Waals surface area contributed by atoms with Crippen LogP contribution in [0.5, 0.6) is 0 Å². The van der Waals surface area contributed by atoms with E-state index in [9.17, 15) is 14.9 Å². The molecule has 0 unspecified atom stereocenters. The minimum Gasteiger partial charge on any atom is -0.302 e. The van der Waals surface area contributed by atoms with Crippen LogP contribution in [-0.4, -0.2) is 29.3 Å². The van der Waals surface area contributed by atoms with Gasteiger partial charge in [-0.3, -0.25) is 14.9 Å². The van der Waals surface area contributed by atoms with Crippen molar-refractivity contribution in [1.82, 2.24) is 0 Å². The highest BCUT2D eigenvalue weighted by atomic mass is 16.6. The van der Waals surface area contributed by atoms with E-state index >= 15 is 0 Å². The normalized spacial score (nSPS) is 15.0. The Kier molecular flexibility index (Phi) is 4.47. The number of benzene rings is 2. The monoisotopic (exact) mass is 334 g/mol. The average molecular weight is 334 g/mol. The minimum atomic E-state index is -0.490. The number of nitrogens with zero attached hydrogens (tertiary/aromatic N) is 4. The van der Waals surface area contributed by atoms with Gasteiger partial charge in [0.05, 0.1) is 22.4 Å². The summed E-state index contributed by atoms with van der Waals surface area (Å²) in [5.41, 5.74) is 1.87. The average Bonchev–Trinajstić information content (AvgIpc) is 2.88. The molecule has 0 saturated heterocycles. The summed E-state index contributed by atoms with van der Waals surface area (Å²) in [5, 5.41) is 18.9. The Hall–Kier alpha value is -3.61. The van der Waals surface area contributed by atoms with E-state index in [1.165, 1.54) is 12.3 Å². The zero-order valence-electron chi connectivity index (χ0n) is 13.2. The third kappa shape index (κ3) is 3.07. The van der Waals surface area contributed by atoms with Crippen molar-refractivity contribution in [2.45, 2.75) is 0 Å². The first-order valence-electron chi connectivity index (χ1n) is 7.50. The molecular formula is C18H14N4O3. The maximum Gasteiger partial charge on any atom is 0.279 e. The molecule has 1 heterocycles. The Morgan fingerprint density at radius 1 is 1.16 bits per heavy atom. The molecule has 7 heteroatoms. The van der Waals surface area contributed by atoms with Crippen molar-refractivity contribution in [2.24, 2.45) is 10.2 Å². The molecule has 0 radical (unpaired) electrons. The molecule has 3 rings (SSSR count). The van der Waals surface area contributed by atoms with Crippen molar-refractivity contribution in [3.05, 3.63) is 82.4 Å². The van der Waals surface area contributed by atoms with E-state index in [2.05, 4.69) is 16.8 Å². The summed E-state index contributed by atoms with van der Waals surface area (Å²) in [4.78, 5) is 24.6. The van der Waals surface area contributed by atoms with Gasteiger partial charge in [-0.15, -0.1) is 11.7 Å². The maximum atomic E-state index is 12.5. The fraction of sp³-hybridized carbons (Fsp3) is 0.0556. The van der Waals surface area contributed by atoms with Crippen LogP contribution in [0.1, 0.15) is 11.1 Å². The Bertz CT molecular complexity index is 918. The van der Waals surface area contributed by atoms with Crippen LogP contribution < -0.4 is 4.90 Å². The number of nitro benzene ring substituents is 1. The number of amides is 1. The second-order valence-corrected chi connectivity index (χ2v) is 5.23. The fourth-order valence-electron chi connectivity index (χ4n) is 2.58. The molecule has 0 bridgehead atoms. The number of fused-ring (bicyclic) bond motifs is 1. The topological polar surface area (TPSA) is 88.2 Å². The summed E-state index contributed by atoms with van der Waals surface area (Å²) in [6, 6.07) is 13.5. The third-order valence-electron chi connectivity index (χ3n) is 3.70. The van der Waals surface area contributed by atoms with Crippen LogP contribution in [0.4, 0.5) is 11.4 Å². The standard InChI is InChI=1S/C18H14N4O3/c1-2-11-21-16-10-6-4-8-14(16)17(18(21)23)20-19-12-13-7-3-5-9-15(13)22(24)25/h2-10,12H,1,11H2/b19-12-,20-17-. The van der Waals surface area contributed by atoms with Crippen LogP contribution in [0.3, 0.4) is 0 Å². The number of carbonyl (C=O) groups excluding carboxylic acids is 1. The van der Waals surface area contributed by atoms with E-state index in [0.717, 1.165) is 5.69 Å². The lowest BCUT2D eigenvalue weighted by Crippen LogP contribution is -2.30. The van der Waals surface area contributed by atoms with Crippen LogP contribution in [0.15, 0.2) is 71.4 Å². The van der Waals surface area contributed by atoms with E-state index in [-0.39, 0.29) is 17.3 Å². The zero-order valence-corrected chi connectivity index (χ0v) is 13.2. The Morgan fingerprint density at radius 2 is 1.88 bits per heavy atom. The number of hydrogen-bond donors (Lipinski definition) is 0. The fourth-order valence-corrected chi connectivity index (χ4v) is 2.58. The molecule has 0 aromatic heterocycles. The number of para-hydroxylation sites is 2. The first kappa shape index (κ1) is 16.3. The minimum absolute atomic E-state index is 0.0714. The molecule has 0 aliphatic carbocycles.